The maximum Gasteiger partial charge on any atom is 0.420 e. The van der Waals surface area contributed by atoms with E-state index in [0.717, 1.165) is 36.3 Å². The van der Waals surface area contributed by atoms with Crippen molar-refractivity contribution in [1.29, 1.82) is 0 Å². The molecule has 0 aromatic heterocycles. The third-order valence-corrected chi connectivity index (χ3v) is 8.38. The van der Waals surface area contributed by atoms with Crippen LogP contribution in [0.15, 0.2) is 41.3 Å². The van der Waals surface area contributed by atoms with E-state index in [1.807, 2.05) is 0 Å². The molecule has 0 amide bonds. The predicted molar refractivity (Wildman–Crippen MR) is 132 cm³/mol. The summed E-state index contributed by atoms with van der Waals surface area (Å²) in [6.45, 7) is 1.98. The zero-order valence-electron chi connectivity index (χ0n) is 22.0. The Balaban J connectivity index is 2.25. The highest BCUT2D eigenvalue weighted by Crippen LogP contribution is 2.47. The van der Waals surface area contributed by atoms with Crippen LogP contribution in [0.2, 0.25) is 0 Å². The topological polar surface area (TPSA) is 72.9 Å². The maximum absolute atomic E-state index is 15.6. The van der Waals surface area contributed by atoms with E-state index in [1.165, 1.54) is 13.8 Å². The van der Waals surface area contributed by atoms with E-state index in [9.17, 15) is 39.6 Å². The first-order valence-electron chi connectivity index (χ1n) is 12.0. The summed E-state index contributed by atoms with van der Waals surface area (Å²) in [5.74, 6) is -7.35. The predicted octanol–water partition coefficient (Wildman–Crippen LogP) is 6.70. The van der Waals surface area contributed by atoms with E-state index in [4.69, 9.17) is 4.74 Å². The minimum Gasteiger partial charge on any atom is -0.492 e. The van der Waals surface area contributed by atoms with Gasteiger partial charge in [-0.2, -0.15) is 13.2 Å². The van der Waals surface area contributed by atoms with Gasteiger partial charge in [-0.25, -0.2) is 26.0 Å². The monoisotopic (exact) mass is 599 g/mol. The molecule has 14 heteroatoms. The van der Waals surface area contributed by atoms with E-state index in [1.54, 1.807) is 0 Å². The van der Waals surface area contributed by atoms with E-state index in [2.05, 4.69) is 4.74 Å². The molecule has 0 aliphatic carbocycles. The molecule has 3 rings (SSSR count). The van der Waals surface area contributed by atoms with Gasteiger partial charge in [0.1, 0.15) is 18.2 Å². The summed E-state index contributed by atoms with van der Waals surface area (Å²) in [5, 5.41) is 0. The van der Waals surface area contributed by atoms with Crippen molar-refractivity contribution in [3.8, 4) is 5.75 Å². The van der Waals surface area contributed by atoms with E-state index < -0.39 is 98.4 Å². The van der Waals surface area contributed by atoms with Gasteiger partial charge < -0.3 is 14.4 Å². The minimum absolute atomic E-state index is 0.00817. The number of benzene rings is 2. The number of nitrogens with zero attached hydrogens (tertiary/aromatic N) is 1. The summed E-state index contributed by atoms with van der Waals surface area (Å²) in [5.41, 5.74) is -6.21. The van der Waals surface area contributed by atoms with Gasteiger partial charge in [-0.1, -0.05) is 0 Å². The molecule has 40 heavy (non-hydrogen) atoms. The lowest BCUT2D eigenvalue weighted by atomic mass is 9.95. The van der Waals surface area contributed by atoms with Gasteiger partial charge in [0, 0.05) is 30.6 Å². The van der Waals surface area contributed by atoms with Crippen molar-refractivity contribution in [2.45, 2.75) is 56.1 Å². The number of alkyl halides is 6. The Morgan fingerprint density at radius 1 is 1.05 bits per heavy atom. The third-order valence-electron chi connectivity index (χ3n) is 6.47. The molecule has 6 nitrogen and oxygen atoms in total. The van der Waals surface area contributed by atoms with Crippen molar-refractivity contribution in [1.82, 2.24) is 0 Å². The molecule has 1 aliphatic rings. The van der Waals surface area contributed by atoms with Gasteiger partial charge in [0.25, 0.3) is 0 Å². The van der Waals surface area contributed by atoms with E-state index in [-0.39, 0.29) is 5.69 Å². The maximum atomic E-state index is 15.6. The third kappa shape index (κ3) is 6.81. The molecule has 0 saturated heterocycles. The van der Waals surface area contributed by atoms with Crippen molar-refractivity contribution in [2.24, 2.45) is 11.3 Å². The van der Waals surface area contributed by atoms with Crippen molar-refractivity contribution < 1.29 is 53.4 Å². The molecule has 0 radical (unpaired) electrons. The normalized spacial score (nSPS) is 19.5. The van der Waals surface area contributed by atoms with E-state index >= 15 is 4.39 Å². The number of hydrogen-bond acceptors (Lipinski definition) is 6. The van der Waals surface area contributed by atoms with Crippen LogP contribution in [-0.4, -0.2) is 46.1 Å². The number of carbonyl (C=O) groups is 1. The number of methoxy groups -OCH3 is 1. The Hall–Kier alpha value is -3.03. The first kappa shape index (κ1) is 31.5. The van der Waals surface area contributed by atoms with Crippen molar-refractivity contribution in [3.05, 3.63) is 47.8 Å². The van der Waals surface area contributed by atoms with Crippen LogP contribution in [0.5, 0.6) is 5.75 Å². The lowest BCUT2D eigenvalue weighted by Crippen LogP contribution is -2.32. The van der Waals surface area contributed by atoms with Crippen molar-refractivity contribution >= 4 is 27.2 Å². The zero-order chi connectivity index (χ0) is 30.3. The Labute approximate surface area is 227 Å². The highest BCUT2D eigenvalue weighted by atomic mass is 32.2. The number of ether oxygens (including phenoxy) is 2. The van der Waals surface area contributed by atoms with Crippen LogP contribution in [0.25, 0.3) is 0 Å². The molecule has 1 heterocycles. The lowest BCUT2D eigenvalue weighted by Gasteiger charge is -2.29. The van der Waals surface area contributed by atoms with Gasteiger partial charge in [-0.05, 0) is 57.5 Å². The fraction of sp³-hybridized carbons (Fsp3) is 0.500. The number of sulfone groups is 1. The highest BCUT2D eigenvalue weighted by Gasteiger charge is 2.45. The Bertz CT molecular complexity index is 1340. The molecule has 0 fully saturated rings. The molecule has 0 spiro atoms. The van der Waals surface area contributed by atoms with Crippen LogP contribution in [0.3, 0.4) is 0 Å². The fourth-order valence-electron chi connectivity index (χ4n) is 4.24. The standard InChI is InChI=1S/C26H28F7NO5S/c1-24(2,23(35)38-4)14-39-20-12-21-19(11-18(20)26(31,32)33)34(17-7-5-16(27)6-8-17)13-15(9-10-25(3,29)30)22(28)40(21,36)37/h5-8,11-12,15,22H,9-10,13-14H2,1-4H3/t15-,22+/m1/s1. The number of halogens is 7. The van der Waals surface area contributed by atoms with Gasteiger partial charge >= 0.3 is 12.1 Å². The van der Waals surface area contributed by atoms with Crippen LogP contribution < -0.4 is 9.64 Å². The molecule has 1 aliphatic heterocycles. The lowest BCUT2D eigenvalue weighted by molar-refractivity contribution is -0.152. The minimum atomic E-state index is -5.09. The summed E-state index contributed by atoms with van der Waals surface area (Å²) in [6, 6.07) is 5.20. The summed E-state index contributed by atoms with van der Waals surface area (Å²) >= 11 is 0. The van der Waals surface area contributed by atoms with Crippen LogP contribution in [0.4, 0.5) is 42.1 Å². The Kier molecular flexibility index (Phi) is 8.74. The average Bonchev–Trinajstić information content (AvgIpc) is 2.93. The van der Waals surface area contributed by atoms with Gasteiger partial charge in [0.2, 0.25) is 21.3 Å². The number of carbonyl (C=O) groups excluding carboxylic acids is 1. The molecule has 2 aromatic carbocycles. The molecule has 0 unspecified atom stereocenters. The average molecular weight is 600 g/mol. The van der Waals surface area contributed by atoms with Gasteiger partial charge in [0.15, 0.2) is 0 Å². The molecule has 2 atom stereocenters. The Morgan fingerprint density at radius 3 is 2.17 bits per heavy atom. The van der Waals surface area contributed by atoms with E-state index in [0.29, 0.717) is 19.1 Å². The van der Waals surface area contributed by atoms with Crippen LogP contribution in [0.1, 0.15) is 39.2 Å². The second-order valence-corrected chi connectivity index (χ2v) is 12.3. The Morgan fingerprint density at radius 2 is 1.65 bits per heavy atom. The first-order chi connectivity index (χ1) is 18.3. The smallest absolute Gasteiger partial charge is 0.420 e. The number of esters is 1. The van der Waals surface area contributed by atoms with Crippen molar-refractivity contribution in [3.63, 3.8) is 0 Å². The van der Waals surface area contributed by atoms with Crippen molar-refractivity contribution in [2.75, 3.05) is 25.2 Å². The molecule has 0 saturated carbocycles. The summed E-state index contributed by atoms with van der Waals surface area (Å²) in [4.78, 5) is 12.1. The molecular weight excluding hydrogens is 571 g/mol. The van der Waals surface area contributed by atoms with Gasteiger partial charge in [-0.3, -0.25) is 4.79 Å². The van der Waals surface area contributed by atoms with Crippen LogP contribution in [0, 0.1) is 17.2 Å². The second-order valence-electron chi connectivity index (χ2n) is 10.3. The SMILES string of the molecule is COC(=O)C(C)(C)COc1cc2c(cc1C(F)(F)F)N(c1ccc(F)cc1)C[C@@H](CCC(C)(F)F)[C@@H](F)S2(=O)=O. The zero-order valence-corrected chi connectivity index (χ0v) is 22.8. The molecule has 222 valence electrons. The highest BCUT2D eigenvalue weighted by molar-refractivity contribution is 7.92. The first-order valence-corrected chi connectivity index (χ1v) is 13.6. The number of fused-ring (bicyclic) bond motifs is 1. The van der Waals surface area contributed by atoms with Crippen LogP contribution >= 0.6 is 0 Å². The molecule has 2 aromatic rings. The summed E-state index contributed by atoms with van der Waals surface area (Å²) in [7, 11) is -3.98. The number of hydrogen-bond donors (Lipinski definition) is 0. The summed E-state index contributed by atoms with van der Waals surface area (Å²) < 4.78 is 136. The largest absolute Gasteiger partial charge is 0.492 e. The number of anilines is 2. The summed E-state index contributed by atoms with van der Waals surface area (Å²) in [6.07, 6.45) is -6.59. The fourth-order valence-corrected chi connectivity index (χ4v) is 5.94. The molecular formula is C26H28F7NO5S. The van der Waals surface area contributed by atoms with Gasteiger partial charge in [0.05, 0.1) is 28.7 Å². The number of rotatable bonds is 8. The van der Waals surface area contributed by atoms with Crippen LogP contribution in [-0.2, 0) is 25.5 Å². The molecule has 0 N–H and O–H groups in total. The van der Waals surface area contributed by atoms with Gasteiger partial charge in [-0.15, -0.1) is 0 Å². The second kappa shape index (κ2) is 11.1. The molecule has 0 bridgehead atoms. The quantitative estimate of drug-likeness (QED) is 0.249.